The van der Waals surface area contributed by atoms with E-state index in [9.17, 15) is 0 Å². The van der Waals surface area contributed by atoms with E-state index in [1.807, 2.05) is 24.4 Å². The predicted octanol–water partition coefficient (Wildman–Crippen LogP) is 1.91. The first-order chi connectivity index (χ1) is 12.2. The third kappa shape index (κ3) is 3.71. The van der Waals surface area contributed by atoms with Gasteiger partial charge in [-0.3, -0.25) is 0 Å². The molecule has 2 heterocycles. The molecule has 5 radical (unpaired) electrons. The van der Waals surface area contributed by atoms with Crippen LogP contribution < -0.4 is 0 Å². The molecule has 1 aliphatic rings. The molecule has 1 unspecified atom stereocenters. The van der Waals surface area contributed by atoms with Crippen molar-refractivity contribution in [1.82, 2.24) is 19.3 Å². The van der Waals surface area contributed by atoms with E-state index >= 15 is 0 Å². The summed E-state index contributed by atoms with van der Waals surface area (Å²) in [6, 6.07) is 4.17. The summed E-state index contributed by atoms with van der Waals surface area (Å²) in [6.07, 6.45) is 9.83. The zero-order valence-electron chi connectivity index (χ0n) is 14.6. The molecule has 0 spiro atoms. The summed E-state index contributed by atoms with van der Waals surface area (Å²) in [4.78, 5) is 10.9. The molecule has 7 heteroatoms. The van der Waals surface area contributed by atoms with Gasteiger partial charge in [-0.1, -0.05) is 0 Å². The van der Waals surface area contributed by atoms with E-state index in [0.717, 1.165) is 37.1 Å². The number of nitrogens with zero attached hydrogens (tertiary/aromatic N) is 4. The topological polar surface area (TPSA) is 34.0 Å². The number of allylic oxidation sites excluding steroid dienone is 1. The number of hydrogen-bond acceptors (Lipinski definition) is 3. The summed E-state index contributed by atoms with van der Waals surface area (Å²) < 4.78 is 1.51. The molecule has 0 aromatic carbocycles. The monoisotopic (exact) mass is 325 g/mol. The van der Waals surface area contributed by atoms with Gasteiger partial charge in [-0.2, -0.15) is 0 Å². The number of imidazole rings is 1. The first-order valence-electron chi connectivity index (χ1n) is 8.69. The van der Waals surface area contributed by atoms with Crippen molar-refractivity contribution in [2.45, 2.75) is 45.2 Å². The van der Waals surface area contributed by atoms with Crippen LogP contribution >= 0.6 is 0 Å². The van der Waals surface area contributed by atoms with Crippen molar-refractivity contribution in [3.8, 4) is 0 Å². The van der Waals surface area contributed by atoms with Gasteiger partial charge in [-0.05, 0) is 0 Å². The summed E-state index contributed by atoms with van der Waals surface area (Å²) in [7, 11) is 18.3. The molecule has 0 saturated heterocycles. The van der Waals surface area contributed by atoms with E-state index in [4.69, 9.17) is 23.5 Å². The van der Waals surface area contributed by atoms with Crippen LogP contribution in [0.4, 0.5) is 0 Å². The van der Waals surface area contributed by atoms with Crippen molar-refractivity contribution in [2.24, 2.45) is 0 Å². The SMILES string of the molecule is [B]N(Cc1nc(/C=C\CC)c(C=[B])n1[B])C1CCCc2cccnc21. The van der Waals surface area contributed by atoms with Gasteiger partial charge in [-0.25, -0.2) is 0 Å². The molecule has 1 aliphatic carbocycles. The van der Waals surface area contributed by atoms with Crippen LogP contribution in [0.1, 0.15) is 60.7 Å². The van der Waals surface area contributed by atoms with Crippen LogP contribution in [-0.2, 0) is 13.0 Å². The van der Waals surface area contributed by atoms with Gasteiger partial charge in [-0.15, -0.1) is 0 Å². The molecule has 3 rings (SSSR count). The number of pyridine rings is 1. The zero-order valence-corrected chi connectivity index (χ0v) is 14.6. The minimum atomic E-state index is 0.0709. The molecule has 0 saturated carbocycles. The van der Waals surface area contributed by atoms with E-state index in [0.29, 0.717) is 18.1 Å². The number of rotatable bonds is 6. The molecule has 25 heavy (non-hydrogen) atoms. The van der Waals surface area contributed by atoms with Crippen molar-refractivity contribution in [2.75, 3.05) is 0 Å². The first kappa shape index (κ1) is 17.9. The van der Waals surface area contributed by atoms with Gasteiger partial charge in [0.1, 0.15) is 0 Å². The Morgan fingerprint density at radius 3 is 3.04 bits per heavy atom. The van der Waals surface area contributed by atoms with Gasteiger partial charge in [0, 0.05) is 0 Å². The third-order valence-corrected chi connectivity index (χ3v) is 4.61. The molecule has 0 aliphatic heterocycles. The van der Waals surface area contributed by atoms with Crippen LogP contribution in [0.3, 0.4) is 0 Å². The number of hydrogen-bond donors (Lipinski definition) is 0. The van der Waals surface area contributed by atoms with Crippen LogP contribution in [0.2, 0.25) is 0 Å². The summed E-state index contributed by atoms with van der Waals surface area (Å²) >= 11 is 0. The van der Waals surface area contributed by atoms with Crippen LogP contribution in [0.15, 0.2) is 24.4 Å². The second kappa shape index (κ2) is 8.00. The summed E-state index contributed by atoms with van der Waals surface area (Å²) in [5, 5.41) is 0. The molecular weight excluding hydrogens is 305 g/mol. The standard InChI is InChI=1S/C18H20B3N4/c1-2-3-8-14-16(11-19)25(21)17(23-14)12-24(20)15-9-4-6-13-7-5-10-22-18(13)15/h3,5,7-8,10-11,15H,2,4,6,9,12H2,1H3/b8-3-. The summed E-state index contributed by atoms with van der Waals surface area (Å²) in [5.41, 5.74) is 3.78. The fraction of sp³-hybridized carbons (Fsp3) is 0.389. The third-order valence-electron chi connectivity index (χ3n) is 4.61. The molecule has 4 nitrogen and oxygen atoms in total. The second-order valence-electron chi connectivity index (χ2n) is 6.27. The number of fused-ring (bicyclic) bond motifs is 1. The molecule has 2 aromatic rings. The van der Waals surface area contributed by atoms with Crippen LogP contribution in [0, 0.1) is 0 Å². The zero-order chi connectivity index (χ0) is 17.8. The number of aryl methyl sites for hydroxylation is 1. The Morgan fingerprint density at radius 2 is 2.28 bits per heavy atom. The molecular formula is C18H20B3N4. The molecule has 2 aromatic heterocycles. The normalized spacial score (nSPS) is 17.1. The maximum atomic E-state index is 6.39. The molecule has 0 N–H and O–H groups in total. The maximum absolute atomic E-state index is 6.39. The van der Waals surface area contributed by atoms with Gasteiger partial charge in [0.05, 0.1) is 0 Å². The van der Waals surface area contributed by atoms with Gasteiger partial charge in [0.15, 0.2) is 0 Å². The Morgan fingerprint density at radius 1 is 1.44 bits per heavy atom. The van der Waals surface area contributed by atoms with Gasteiger partial charge in [0.25, 0.3) is 0 Å². The summed E-state index contributed by atoms with van der Waals surface area (Å²) in [6.45, 7) is 2.50. The molecule has 0 bridgehead atoms. The quantitative estimate of drug-likeness (QED) is 0.761. The Labute approximate surface area is 153 Å². The fourth-order valence-electron chi connectivity index (χ4n) is 3.32. The average Bonchev–Trinajstić information content (AvgIpc) is 2.94. The minimum absolute atomic E-state index is 0.0709. The van der Waals surface area contributed by atoms with Gasteiger partial charge in [0.2, 0.25) is 0 Å². The Hall–Kier alpha value is -1.88. The summed E-state index contributed by atoms with van der Waals surface area (Å²) in [5.74, 6) is 2.16. The van der Waals surface area contributed by atoms with E-state index in [1.165, 1.54) is 16.0 Å². The van der Waals surface area contributed by atoms with Gasteiger partial charge < -0.3 is 0 Å². The number of aromatic nitrogens is 3. The second-order valence-corrected chi connectivity index (χ2v) is 6.27. The van der Waals surface area contributed by atoms with E-state index < -0.39 is 0 Å². The Bertz CT molecular complexity index is 785. The fourth-order valence-corrected chi connectivity index (χ4v) is 3.32. The first-order valence-corrected chi connectivity index (χ1v) is 8.69. The molecule has 1 atom stereocenters. The van der Waals surface area contributed by atoms with Crippen LogP contribution in [0.25, 0.3) is 6.08 Å². The van der Waals surface area contributed by atoms with Crippen LogP contribution in [-0.4, -0.2) is 48.7 Å². The van der Waals surface area contributed by atoms with Crippen molar-refractivity contribution in [3.05, 3.63) is 52.9 Å². The molecule has 121 valence electrons. The molecule has 0 fully saturated rings. The van der Waals surface area contributed by atoms with E-state index in [2.05, 4.69) is 23.0 Å². The Balaban J connectivity index is 1.84. The van der Waals surface area contributed by atoms with Gasteiger partial charge >= 0.3 is 153 Å². The Kier molecular flexibility index (Phi) is 5.74. The van der Waals surface area contributed by atoms with Crippen LogP contribution in [0.5, 0.6) is 0 Å². The van der Waals surface area contributed by atoms with Crippen molar-refractivity contribution in [3.63, 3.8) is 0 Å². The van der Waals surface area contributed by atoms with Crippen molar-refractivity contribution >= 4 is 35.5 Å². The van der Waals surface area contributed by atoms with Crippen molar-refractivity contribution < 1.29 is 0 Å². The van der Waals surface area contributed by atoms with E-state index in [1.54, 1.807) is 4.81 Å². The predicted molar refractivity (Wildman–Crippen MR) is 105 cm³/mol. The van der Waals surface area contributed by atoms with Crippen molar-refractivity contribution in [1.29, 1.82) is 0 Å². The van der Waals surface area contributed by atoms with E-state index in [-0.39, 0.29) is 6.04 Å². The molecule has 0 amide bonds. The average molecular weight is 325 g/mol.